The Balaban J connectivity index is 2.19. The van der Waals surface area contributed by atoms with Crippen molar-refractivity contribution < 1.29 is 14.0 Å². The molecule has 0 radical (unpaired) electrons. The highest BCUT2D eigenvalue weighted by Crippen LogP contribution is 2.20. The number of nitrogens with one attached hydrogen (secondary N) is 1. The largest absolute Gasteiger partial charge is 0.345 e. The first-order chi connectivity index (χ1) is 11.9. The first-order valence-corrected chi connectivity index (χ1v) is 9.07. The van der Waals surface area contributed by atoms with E-state index in [0.717, 1.165) is 23.1 Å². The molecule has 0 atom stereocenters. The molecule has 0 heterocycles. The van der Waals surface area contributed by atoms with Crippen LogP contribution in [-0.2, 0) is 5.75 Å². The predicted octanol–water partition coefficient (Wildman–Crippen LogP) is 4.03. The Kier molecular flexibility index (Phi) is 6.58. The van der Waals surface area contributed by atoms with E-state index in [1.165, 1.54) is 17.0 Å². The minimum Gasteiger partial charge on any atom is -0.345 e. The van der Waals surface area contributed by atoms with Gasteiger partial charge in [-0.2, -0.15) is 11.8 Å². The van der Waals surface area contributed by atoms with Crippen molar-refractivity contribution in [2.24, 2.45) is 0 Å². The summed E-state index contributed by atoms with van der Waals surface area (Å²) in [7, 11) is 3.15. The van der Waals surface area contributed by atoms with Crippen molar-refractivity contribution in [2.45, 2.75) is 12.7 Å². The molecule has 0 saturated heterocycles. The van der Waals surface area contributed by atoms with E-state index in [4.69, 9.17) is 0 Å². The van der Waals surface area contributed by atoms with Gasteiger partial charge in [0, 0.05) is 25.4 Å². The SMILES string of the molecule is CCSCc1ccc(C(=O)Nc2ccc(F)cc2C(=O)N(C)C)cc1. The zero-order valence-electron chi connectivity index (χ0n) is 14.5. The standard InChI is InChI=1S/C19H21FN2O2S/c1-4-25-12-13-5-7-14(8-6-13)18(23)21-17-10-9-15(20)11-16(17)19(24)22(2)3/h5-11H,4,12H2,1-3H3,(H,21,23). The molecule has 2 aromatic rings. The summed E-state index contributed by atoms with van der Waals surface area (Å²) in [4.78, 5) is 26.0. The molecule has 132 valence electrons. The molecule has 0 aromatic heterocycles. The topological polar surface area (TPSA) is 49.4 Å². The molecule has 6 heteroatoms. The quantitative estimate of drug-likeness (QED) is 0.846. The average molecular weight is 360 g/mol. The maximum absolute atomic E-state index is 13.5. The van der Waals surface area contributed by atoms with Crippen LogP contribution in [0.3, 0.4) is 0 Å². The molecule has 1 N–H and O–H groups in total. The van der Waals surface area contributed by atoms with Gasteiger partial charge in [-0.15, -0.1) is 0 Å². The fraction of sp³-hybridized carbons (Fsp3) is 0.263. The number of hydrogen-bond donors (Lipinski definition) is 1. The third kappa shape index (κ3) is 5.06. The number of carbonyl (C=O) groups excluding carboxylic acids is 2. The predicted molar refractivity (Wildman–Crippen MR) is 101 cm³/mol. The van der Waals surface area contributed by atoms with Gasteiger partial charge in [-0.05, 0) is 41.6 Å². The van der Waals surface area contributed by atoms with Crippen LogP contribution >= 0.6 is 11.8 Å². The van der Waals surface area contributed by atoms with Crippen molar-refractivity contribution in [2.75, 3.05) is 25.2 Å². The summed E-state index contributed by atoms with van der Waals surface area (Å²) >= 11 is 1.81. The summed E-state index contributed by atoms with van der Waals surface area (Å²) in [6, 6.07) is 11.1. The Bertz CT molecular complexity index is 761. The zero-order valence-corrected chi connectivity index (χ0v) is 15.3. The van der Waals surface area contributed by atoms with Gasteiger partial charge in [0.05, 0.1) is 11.3 Å². The molecule has 0 aliphatic carbocycles. The third-order valence-corrected chi connectivity index (χ3v) is 4.50. The summed E-state index contributed by atoms with van der Waals surface area (Å²) in [5, 5.41) is 2.69. The van der Waals surface area contributed by atoms with E-state index in [2.05, 4.69) is 12.2 Å². The molecule has 2 amide bonds. The van der Waals surface area contributed by atoms with Crippen LogP contribution in [0.4, 0.5) is 10.1 Å². The molecule has 0 aliphatic rings. The molecule has 25 heavy (non-hydrogen) atoms. The number of amides is 2. The van der Waals surface area contributed by atoms with E-state index in [-0.39, 0.29) is 23.1 Å². The van der Waals surface area contributed by atoms with Crippen molar-refractivity contribution in [3.8, 4) is 0 Å². The summed E-state index contributed by atoms with van der Waals surface area (Å²) in [6.07, 6.45) is 0. The van der Waals surface area contributed by atoms with Gasteiger partial charge in [-0.25, -0.2) is 4.39 Å². The van der Waals surface area contributed by atoms with Gasteiger partial charge in [0.2, 0.25) is 0 Å². The molecular weight excluding hydrogens is 339 g/mol. The molecule has 0 saturated carbocycles. The number of halogens is 1. The fourth-order valence-corrected chi connectivity index (χ4v) is 2.84. The minimum absolute atomic E-state index is 0.120. The van der Waals surface area contributed by atoms with Gasteiger partial charge >= 0.3 is 0 Å². The van der Waals surface area contributed by atoms with Crippen LogP contribution in [-0.4, -0.2) is 36.6 Å². The van der Waals surface area contributed by atoms with Crippen LogP contribution in [0.15, 0.2) is 42.5 Å². The van der Waals surface area contributed by atoms with Crippen molar-refractivity contribution in [1.82, 2.24) is 4.90 Å². The molecule has 4 nitrogen and oxygen atoms in total. The number of hydrogen-bond acceptors (Lipinski definition) is 3. The first-order valence-electron chi connectivity index (χ1n) is 7.91. The maximum Gasteiger partial charge on any atom is 0.255 e. The Morgan fingerprint density at radius 1 is 1.12 bits per heavy atom. The Morgan fingerprint density at radius 2 is 1.80 bits per heavy atom. The molecule has 2 rings (SSSR count). The maximum atomic E-state index is 13.5. The normalized spacial score (nSPS) is 10.4. The van der Waals surface area contributed by atoms with E-state index in [0.29, 0.717) is 5.56 Å². The number of anilines is 1. The van der Waals surface area contributed by atoms with Gasteiger partial charge in [-0.3, -0.25) is 9.59 Å². The van der Waals surface area contributed by atoms with Gasteiger partial charge in [0.15, 0.2) is 0 Å². The number of benzene rings is 2. The summed E-state index contributed by atoms with van der Waals surface area (Å²) in [5.74, 6) is 0.699. The van der Waals surface area contributed by atoms with Gasteiger partial charge in [0.1, 0.15) is 5.82 Å². The van der Waals surface area contributed by atoms with Crippen LogP contribution < -0.4 is 5.32 Å². The summed E-state index contributed by atoms with van der Waals surface area (Å²) in [5.41, 5.74) is 2.04. The summed E-state index contributed by atoms with van der Waals surface area (Å²) < 4.78 is 13.5. The van der Waals surface area contributed by atoms with Crippen LogP contribution in [0.5, 0.6) is 0 Å². The van der Waals surface area contributed by atoms with E-state index < -0.39 is 5.82 Å². The van der Waals surface area contributed by atoms with Crippen LogP contribution in [0, 0.1) is 5.82 Å². The van der Waals surface area contributed by atoms with Gasteiger partial charge in [0.25, 0.3) is 11.8 Å². The zero-order chi connectivity index (χ0) is 18.4. The lowest BCUT2D eigenvalue weighted by Crippen LogP contribution is -2.24. The number of carbonyl (C=O) groups is 2. The van der Waals surface area contributed by atoms with Crippen LogP contribution in [0.1, 0.15) is 33.2 Å². The second kappa shape index (κ2) is 8.67. The lowest BCUT2D eigenvalue weighted by atomic mass is 10.1. The Morgan fingerprint density at radius 3 is 2.40 bits per heavy atom. The minimum atomic E-state index is -0.527. The van der Waals surface area contributed by atoms with Gasteiger partial charge < -0.3 is 10.2 Å². The van der Waals surface area contributed by atoms with E-state index in [1.54, 1.807) is 26.2 Å². The molecule has 0 unspecified atom stereocenters. The van der Waals surface area contributed by atoms with Crippen molar-refractivity contribution in [1.29, 1.82) is 0 Å². The number of nitrogens with zero attached hydrogens (tertiary/aromatic N) is 1. The molecule has 0 fully saturated rings. The summed E-state index contributed by atoms with van der Waals surface area (Å²) in [6.45, 7) is 2.10. The Hall–Kier alpha value is -2.34. The monoisotopic (exact) mass is 360 g/mol. The lowest BCUT2D eigenvalue weighted by molar-refractivity contribution is 0.0828. The Labute approximate surface area is 151 Å². The average Bonchev–Trinajstić information content (AvgIpc) is 2.61. The van der Waals surface area contributed by atoms with E-state index in [9.17, 15) is 14.0 Å². The second-order valence-corrected chi connectivity index (χ2v) is 6.95. The highest BCUT2D eigenvalue weighted by molar-refractivity contribution is 7.98. The highest BCUT2D eigenvalue weighted by Gasteiger charge is 2.17. The van der Waals surface area contributed by atoms with E-state index in [1.807, 2.05) is 23.9 Å². The number of thioether (sulfide) groups is 1. The van der Waals surface area contributed by atoms with Crippen LogP contribution in [0.2, 0.25) is 0 Å². The van der Waals surface area contributed by atoms with E-state index >= 15 is 0 Å². The fourth-order valence-electron chi connectivity index (χ4n) is 2.21. The highest BCUT2D eigenvalue weighted by atomic mass is 32.2. The number of rotatable bonds is 6. The lowest BCUT2D eigenvalue weighted by Gasteiger charge is -2.15. The first kappa shape index (κ1) is 19.0. The van der Waals surface area contributed by atoms with Crippen molar-refractivity contribution >= 4 is 29.3 Å². The third-order valence-electron chi connectivity index (χ3n) is 3.56. The molecule has 2 aromatic carbocycles. The molecule has 0 spiro atoms. The van der Waals surface area contributed by atoms with Crippen LogP contribution in [0.25, 0.3) is 0 Å². The van der Waals surface area contributed by atoms with Gasteiger partial charge in [-0.1, -0.05) is 19.1 Å². The molecular formula is C19H21FN2O2S. The second-order valence-electron chi connectivity index (χ2n) is 5.68. The smallest absolute Gasteiger partial charge is 0.255 e. The van der Waals surface area contributed by atoms with Crippen molar-refractivity contribution in [3.05, 3.63) is 65.0 Å². The molecule has 0 aliphatic heterocycles. The molecule has 0 bridgehead atoms. The van der Waals surface area contributed by atoms with Crippen molar-refractivity contribution in [3.63, 3.8) is 0 Å².